The molecular formula is C17H24O6. The molecule has 0 aromatic heterocycles. The summed E-state index contributed by atoms with van der Waals surface area (Å²) in [5.74, 6) is -2.11. The van der Waals surface area contributed by atoms with E-state index >= 15 is 0 Å². The molecule has 2 bridgehead atoms. The third kappa shape index (κ3) is 3.12. The minimum absolute atomic E-state index is 0.0432. The van der Waals surface area contributed by atoms with Crippen molar-refractivity contribution in [3.8, 4) is 0 Å². The average molecular weight is 324 g/mol. The Morgan fingerprint density at radius 2 is 1.91 bits per heavy atom. The van der Waals surface area contributed by atoms with Crippen LogP contribution in [0.25, 0.3) is 0 Å². The first kappa shape index (κ1) is 17.5. The molecule has 0 amide bonds. The lowest BCUT2D eigenvalue weighted by atomic mass is 9.70. The van der Waals surface area contributed by atoms with E-state index in [-0.39, 0.29) is 28.9 Å². The smallest absolute Gasteiger partial charge is 0.341 e. The molecule has 0 aliphatic heterocycles. The molecule has 1 unspecified atom stereocenters. The molecule has 6 heteroatoms. The van der Waals surface area contributed by atoms with Crippen LogP contribution in [0, 0.1) is 16.7 Å². The Morgan fingerprint density at radius 3 is 2.39 bits per heavy atom. The molecule has 0 aromatic rings. The van der Waals surface area contributed by atoms with Gasteiger partial charge in [-0.1, -0.05) is 27.4 Å². The van der Waals surface area contributed by atoms with Crippen LogP contribution in [0.1, 0.15) is 46.5 Å². The SMILES string of the molecule is C=C(CC(=O)O[C@H]1C[C@H]2CCC1(C)C2(C)C)C(=O)OCC(=O)O. The number of hydrogen-bond donors (Lipinski definition) is 1. The highest BCUT2D eigenvalue weighted by molar-refractivity contribution is 5.94. The molecule has 2 fully saturated rings. The second-order valence-corrected chi connectivity index (χ2v) is 7.34. The summed E-state index contributed by atoms with van der Waals surface area (Å²) in [7, 11) is 0. The van der Waals surface area contributed by atoms with Crippen molar-refractivity contribution in [3.63, 3.8) is 0 Å². The minimum Gasteiger partial charge on any atom is -0.479 e. The van der Waals surface area contributed by atoms with Crippen molar-refractivity contribution < 1.29 is 29.0 Å². The summed E-state index contributed by atoms with van der Waals surface area (Å²) in [6, 6.07) is 0. The number of fused-ring (bicyclic) bond motifs is 2. The normalized spacial score (nSPS) is 30.7. The fraction of sp³-hybridized carbons (Fsp3) is 0.706. The van der Waals surface area contributed by atoms with E-state index in [0.717, 1.165) is 19.3 Å². The summed E-state index contributed by atoms with van der Waals surface area (Å²) >= 11 is 0. The van der Waals surface area contributed by atoms with Crippen LogP contribution in [0.5, 0.6) is 0 Å². The van der Waals surface area contributed by atoms with Crippen molar-refractivity contribution in [1.29, 1.82) is 0 Å². The fourth-order valence-electron chi connectivity index (χ4n) is 3.98. The Balaban J connectivity index is 1.88. The van der Waals surface area contributed by atoms with Crippen LogP contribution in [0.3, 0.4) is 0 Å². The lowest BCUT2D eigenvalue weighted by Gasteiger charge is -2.38. The first-order valence-corrected chi connectivity index (χ1v) is 7.84. The molecule has 2 aliphatic rings. The Kier molecular flexibility index (Phi) is 4.55. The van der Waals surface area contributed by atoms with E-state index < -0.39 is 24.5 Å². The van der Waals surface area contributed by atoms with Crippen LogP contribution in [0.15, 0.2) is 12.2 Å². The fourth-order valence-corrected chi connectivity index (χ4v) is 3.98. The molecule has 2 aliphatic carbocycles. The van der Waals surface area contributed by atoms with Gasteiger partial charge < -0.3 is 14.6 Å². The largest absolute Gasteiger partial charge is 0.479 e. The summed E-state index contributed by atoms with van der Waals surface area (Å²) in [6.45, 7) is 9.33. The molecule has 0 heterocycles. The van der Waals surface area contributed by atoms with Crippen molar-refractivity contribution in [2.75, 3.05) is 6.61 Å². The number of carbonyl (C=O) groups excluding carboxylic acids is 2. The van der Waals surface area contributed by atoms with Crippen molar-refractivity contribution in [3.05, 3.63) is 12.2 Å². The van der Waals surface area contributed by atoms with Gasteiger partial charge >= 0.3 is 17.9 Å². The summed E-state index contributed by atoms with van der Waals surface area (Å²) in [6.07, 6.45) is 2.61. The van der Waals surface area contributed by atoms with Gasteiger partial charge in [-0.2, -0.15) is 0 Å². The van der Waals surface area contributed by atoms with Crippen molar-refractivity contribution in [2.24, 2.45) is 16.7 Å². The number of rotatable bonds is 6. The lowest BCUT2D eigenvalue weighted by molar-refractivity contribution is -0.158. The topological polar surface area (TPSA) is 89.9 Å². The molecule has 23 heavy (non-hydrogen) atoms. The van der Waals surface area contributed by atoms with Gasteiger partial charge in [-0.25, -0.2) is 9.59 Å². The van der Waals surface area contributed by atoms with Crippen LogP contribution in [-0.2, 0) is 23.9 Å². The Hall–Kier alpha value is -1.85. The van der Waals surface area contributed by atoms with E-state index in [1.807, 2.05) is 0 Å². The van der Waals surface area contributed by atoms with Crippen LogP contribution in [0.4, 0.5) is 0 Å². The van der Waals surface area contributed by atoms with Crippen LogP contribution < -0.4 is 0 Å². The maximum absolute atomic E-state index is 12.1. The number of esters is 2. The third-order valence-electron chi connectivity index (χ3n) is 5.96. The summed E-state index contributed by atoms with van der Waals surface area (Å²) < 4.78 is 10.1. The highest BCUT2D eigenvalue weighted by atomic mass is 16.6. The van der Waals surface area contributed by atoms with Gasteiger partial charge in [0.2, 0.25) is 0 Å². The van der Waals surface area contributed by atoms with E-state index in [0.29, 0.717) is 5.92 Å². The molecule has 2 saturated carbocycles. The summed E-state index contributed by atoms with van der Waals surface area (Å²) in [5.41, 5.74) is -0.00256. The number of hydrogen-bond acceptors (Lipinski definition) is 5. The minimum atomic E-state index is -1.26. The van der Waals surface area contributed by atoms with E-state index in [2.05, 4.69) is 32.1 Å². The number of aliphatic carboxylic acids is 1. The van der Waals surface area contributed by atoms with E-state index in [4.69, 9.17) is 9.84 Å². The van der Waals surface area contributed by atoms with Crippen LogP contribution in [-0.4, -0.2) is 35.7 Å². The monoisotopic (exact) mass is 324 g/mol. The number of carboxylic acids is 1. The van der Waals surface area contributed by atoms with E-state index in [9.17, 15) is 14.4 Å². The predicted octanol–water partition coefficient (Wildman–Crippen LogP) is 2.32. The maximum atomic E-state index is 12.1. The predicted molar refractivity (Wildman–Crippen MR) is 81.5 cm³/mol. The highest BCUT2D eigenvalue weighted by Crippen LogP contribution is 2.66. The van der Waals surface area contributed by atoms with Crippen LogP contribution >= 0.6 is 0 Å². The highest BCUT2D eigenvalue weighted by Gasteiger charge is 2.62. The number of ether oxygens (including phenoxy) is 2. The Morgan fingerprint density at radius 1 is 1.26 bits per heavy atom. The summed E-state index contributed by atoms with van der Waals surface area (Å²) in [4.78, 5) is 33.9. The quantitative estimate of drug-likeness (QED) is 0.596. The molecule has 128 valence electrons. The zero-order chi connectivity index (χ0) is 17.4. The van der Waals surface area contributed by atoms with Gasteiger partial charge in [-0.05, 0) is 30.6 Å². The molecule has 0 spiro atoms. The molecule has 3 atom stereocenters. The number of carboxylic acid groups (broad SMARTS) is 1. The first-order valence-electron chi connectivity index (χ1n) is 7.84. The molecule has 0 radical (unpaired) electrons. The maximum Gasteiger partial charge on any atom is 0.341 e. The Labute approximate surface area is 135 Å². The second-order valence-electron chi connectivity index (χ2n) is 7.34. The molecule has 0 saturated heterocycles. The van der Waals surface area contributed by atoms with Crippen molar-refractivity contribution >= 4 is 17.9 Å². The molecular weight excluding hydrogens is 300 g/mol. The van der Waals surface area contributed by atoms with Gasteiger partial charge in [0.05, 0.1) is 6.42 Å². The molecule has 0 aromatic carbocycles. The number of carbonyl (C=O) groups is 3. The second kappa shape index (κ2) is 5.98. The van der Waals surface area contributed by atoms with Crippen molar-refractivity contribution in [2.45, 2.75) is 52.6 Å². The van der Waals surface area contributed by atoms with Gasteiger partial charge in [-0.15, -0.1) is 0 Å². The Bertz CT molecular complexity index is 549. The molecule has 1 N–H and O–H groups in total. The zero-order valence-electron chi connectivity index (χ0n) is 13.9. The molecule has 6 nitrogen and oxygen atoms in total. The average Bonchev–Trinajstić information content (AvgIpc) is 2.77. The zero-order valence-corrected chi connectivity index (χ0v) is 13.9. The van der Waals surface area contributed by atoms with E-state index in [1.165, 1.54) is 0 Å². The lowest BCUT2D eigenvalue weighted by Crippen LogP contribution is -2.38. The standard InChI is InChI=1S/C17H24O6/c1-10(15(21)22-9-13(18)19)7-14(20)23-12-8-11-5-6-17(12,4)16(11,2)3/h11-12H,1,5-9H2,2-4H3,(H,18,19)/t11-,12+,17?/m1/s1. The van der Waals surface area contributed by atoms with Crippen LogP contribution in [0.2, 0.25) is 0 Å². The third-order valence-corrected chi connectivity index (χ3v) is 5.96. The van der Waals surface area contributed by atoms with Crippen molar-refractivity contribution in [1.82, 2.24) is 0 Å². The van der Waals surface area contributed by atoms with Gasteiger partial charge in [0.15, 0.2) is 6.61 Å². The van der Waals surface area contributed by atoms with Gasteiger partial charge in [0.25, 0.3) is 0 Å². The van der Waals surface area contributed by atoms with Gasteiger partial charge in [0.1, 0.15) is 6.10 Å². The van der Waals surface area contributed by atoms with Gasteiger partial charge in [0, 0.05) is 11.0 Å². The van der Waals surface area contributed by atoms with E-state index in [1.54, 1.807) is 0 Å². The molecule has 2 rings (SSSR count). The first-order chi connectivity index (χ1) is 10.6. The van der Waals surface area contributed by atoms with Gasteiger partial charge in [-0.3, -0.25) is 4.79 Å². The summed E-state index contributed by atoms with van der Waals surface area (Å²) in [5, 5.41) is 8.46.